The number of carbonyl (C=O) groups is 3. The van der Waals surface area contributed by atoms with E-state index in [1.807, 2.05) is 0 Å². The first-order chi connectivity index (χ1) is 6.91. The second kappa shape index (κ2) is 6.80. The van der Waals surface area contributed by atoms with E-state index in [1.54, 1.807) is 0 Å². The Morgan fingerprint density at radius 2 is 1.20 bits per heavy atom. The molecule has 0 bridgehead atoms. The Hall–Kier alpha value is -1.59. The van der Waals surface area contributed by atoms with Crippen molar-refractivity contribution >= 4 is 17.9 Å². The second-order valence-corrected chi connectivity index (χ2v) is 3.33. The quantitative estimate of drug-likeness (QED) is 0.555. The molecule has 0 aliphatic heterocycles. The molecular weight excluding hydrogens is 204 g/mol. The van der Waals surface area contributed by atoms with Gasteiger partial charge in [-0.25, -0.2) is 0 Å². The average molecular weight is 218 g/mol. The smallest absolute Gasteiger partial charge is 0.303 e. The van der Waals surface area contributed by atoms with Crippen molar-refractivity contribution in [3.8, 4) is 0 Å². The molecule has 0 unspecified atom stereocenters. The SMILES string of the molecule is O=C(O)CCC(CCC(=O)O)CC(=O)O. The normalized spacial score (nSPS) is 10.2. The summed E-state index contributed by atoms with van der Waals surface area (Å²) < 4.78 is 0. The molecule has 6 nitrogen and oxygen atoms in total. The largest absolute Gasteiger partial charge is 0.481 e. The molecule has 6 heteroatoms. The van der Waals surface area contributed by atoms with Crippen molar-refractivity contribution in [2.75, 3.05) is 0 Å². The molecule has 0 amide bonds. The van der Waals surface area contributed by atoms with Crippen LogP contribution in [0.1, 0.15) is 32.1 Å². The number of carboxylic acids is 3. The topological polar surface area (TPSA) is 112 Å². The summed E-state index contributed by atoms with van der Waals surface area (Å²) in [6.45, 7) is 0. The summed E-state index contributed by atoms with van der Waals surface area (Å²) in [7, 11) is 0. The molecule has 0 atom stereocenters. The van der Waals surface area contributed by atoms with Crippen molar-refractivity contribution < 1.29 is 29.7 Å². The van der Waals surface area contributed by atoms with Crippen LogP contribution in [0.3, 0.4) is 0 Å². The molecule has 3 N–H and O–H groups in total. The van der Waals surface area contributed by atoms with Gasteiger partial charge >= 0.3 is 17.9 Å². The fourth-order valence-electron chi connectivity index (χ4n) is 1.25. The lowest BCUT2D eigenvalue weighted by Crippen LogP contribution is -2.12. The Labute approximate surface area is 86.5 Å². The van der Waals surface area contributed by atoms with Crippen LogP contribution in [0, 0.1) is 5.92 Å². The van der Waals surface area contributed by atoms with Crippen LogP contribution >= 0.6 is 0 Å². The van der Waals surface area contributed by atoms with E-state index in [2.05, 4.69) is 0 Å². The fourth-order valence-corrected chi connectivity index (χ4v) is 1.25. The van der Waals surface area contributed by atoms with Gasteiger partial charge in [0.15, 0.2) is 0 Å². The predicted octanol–water partition coefficient (Wildman–Crippen LogP) is 0.807. The van der Waals surface area contributed by atoms with Crippen molar-refractivity contribution in [2.45, 2.75) is 32.1 Å². The summed E-state index contributed by atoms with van der Waals surface area (Å²) >= 11 is 0. The molecule has 0 fully saturated rings. The van der Waals surface area contributed by atoms with Crippen molar-refractivity contribution in [1.82, 2.24) is 0 Å². The zero-order valence-electron chi connectivity index (χ0n) is 8.18. The minimum Gasteiger partial charge on any atom is -0.481 e. The predicted molar refractivity (Wildman–Crippen MR) is 49.5 cm³/mol. The Kier molecular flexibility index (Phi) is 6.08. The van der Waals surface area contributed by atoms with Crippen molar-refractivity contribution in [3.63, 3.8) is 0 Å². The molecule has 0 spiro atoms. The Morgan fingerprint density at radius 1 is 0.800 bits per heavy atom. The summed E-state index contributed by atoms with van der Waals surface area (Å²) in [5, 5.41) is 25.3. The number of aliphatic carboxylic acids is 3. The maximum Gasteiger partial charge on any atom is 0.303 e. The summed E-state index contributed by atoms with van der Waals surface area (Å²) in [6, 6.07) is 0. The molecule has 0 saturated carbocycles. The van der Waals surface area contributed by atoms with Gasteiger partial charge in [0, 0.05) is 19.3 Å². The Bertz CT molecular complexity index is 229. The number of hydrogen-bond donors (Lipinski definition) is 3. The van der Waals surface area contributed by atoms with Gasteiger partial charge in [-0.2, -0.15) is 0 Å². The number of rotatable bonds is 8. The Morgan fingerprint density at radius 3 is 1.47 bits per heavy atom. The number of carboxylic acid groups (broad SMARTS) is 3. The molecule has 15 heavy (non-hydrogen) atoms. The molecule has 86 valence electrons. The van der Waals surface area contributed by atoms with E-state index in [4.69, 9.17) is 15.3 Å². The van der Waals surface area contributed by atoms with Gasteiger partial charge < -0.3 is 15.3 Å². The minimum absolute atomic E-state index is 0.127. The minimum atomic E-state index is -1.03. The maximum atomic E-state index is 10.4. The standard InChI is InChI=1S/C9H14O6/c10-7(11)3-1-6(5-9(14)15)2-4-8(12)13/h6H,1-5H2,(H,10,11)(H,12,13)(H,14,15). The molecule has 0 aliphatic carbocycles. The van der Waals surface area contributed by atoms with Gasteiger partial charge in [-0.05, 0) is 18.8 Å². The zero-order valence-corrected chi connectivity index (χ0v) is 8.18. The molecule has 0 rings (SSSR count). The van der Waals surface area contributed by atoms with Crippen molar-refractivity contribution in [2.24, 2.45) is 5.92 Å². The fraction of sp³-hybridized carbons (Fsp3) is 0.667. The lowest BCUT2D eigenvalue weighted by Gasteiger charge is -2.11. The second-order valence-electron chi connectivity index (χ2n) is 3.33. The monoisotopic (exact) mass is 218 g/mol. The Balaban J connectivity index is 3.99. The van der Waals surface area contributed by atoms with Gasteiger partial charge in [-0.15, -0.1) is 0 Å². The first kappa shape index (κ1) is 13.4. The summed E-state index contributed by atoms with van der Waals surface area (Å²) in [5.74, 6) is -3.41. The highest BCUT2D eigenvalue weighted by atomic mass is 16.4. The highest BCUT2D eigenvalue weighted by Gasteiger charge is 2.15. The van der Waals surface area contributed by atoms with E-state index in [0.29, 0.717) is 0 Å². The van der Waals surface area contributed by atoms with Gasteiger partial charge in [0.1, 0.15) is 0 Å². The lowest BCUT2D eigenvalue weighted by atomic mass is 9.94. The summed E-state index contributed by atoms with van der Waals surface area (Å²) in [4.78, 5) is 30.9. The third-order valence-corrected chi connectivity index (χ3v) is 2.00. The summed E-state index contributed by atoms with van der Waals surface area (Å²) in [5.41, 5.74) is 0. The van der Waals surface area contributed by atoms with Crippen LogP contribution in [0.2, 0.25) is 0 Å². The van der Waals surface area contributed by atoms with E-state index >= 15 is 0 Å². The van der Waals surface area contributed by atoms with E-state index < -0.39 is 17.9 Å². The molecule has 0 saturated heterocycles. The molecule has 0 aromatic rings. The van der Waals surface area contributed by atoms with Crippen LogP contribution in [-0.4, -0.2) is 33.2 Å². The maximum absolute atomic E-state index is 10.4. The molecule has 0 aromatic carbocycles. The van der Waals surface area contributed by atoms with E-state index in [9.17, 15) is 14.4 Å². The van der Waals surface area contributed by atoms with Crippen LogP contribution in [0.4, 0.5) is 0 Å². The van der Waals surface area contributed by atoms with Crippen molar-refractivity contribution in [1.29, 1.82) is 0 Å². The van der Waals surface area contributed by atoms with Crippen LogP contribution in [0.25, 0.3) is 0 Å². The van der Waals surface area contributed by atoms with Crippen LogP contribution in [-0.2, 0) is 14.4 Å². The van der Waals surface area contributed by atoms with Crippen molar-refractivity contribution in [3.05, 3.63) is 0 Å². The number of hydrogen-bond acceptors (Lipinski definition) is 3. The first-order valence-corrected chi connectivity index (χ1v) is 4.57. The third kappa shape index (κ3) is 8.73. The summed E-state index contributed by atoms with van der Waals surface area (Å²) in [6.07, 6.45) is -0.0283. The van der Waals surface area contributed by atoms with Gasteiger partial charge in [0.25, 0.3) is 0 Å². The highest BCUT2D eigenvalue weighted by Crippen LogP contribution is 2.17. The van der Waals surface area contributed by atoms with E-state index in [-0.39, 0.29) is 38.0 Å². The van der Waals surface area contributed by atoms with Crippen LogP contribution in [0.5, 0.6) is 0 Å². The highest BCUT2D eigenvalue weighted by molar-refractivity contribution is 5.69. The van der Waals surface area contributed by atoms with Gasteiger partial charge in [-0.1, -0.05) is 0 Å². The van der Waals surface area contributed by atoms with E-state index in [0.717, 1.165) is 0 Å². The first-order valence-electron chi connectivity index (χ1n) is 4.57. The van der Waals surface area contributed by atoms with Gasteiger partial charge in [0.2, 0.25) is 0 Å². The van der Waals surface area contributed by atoms with Crippen LogP contribution < -0.4 is 0 Å². The molecule has 0 heterocycles. The van der Waals surface area contributed by atoms with Gasteiger partial charge in [0.05, 0.1) is 0 Å². The van der Waals surface area contributed by atoms with E-state index in [1.165, 1.54) is 0 Å². The molecule has 0 radical (unpaired) electrons. The molecular formula is C9H14O6. The average Bonchev–Trinajstić information content (AvgIpc) is 2.08. The van der Waals surface area contributed by atoms with Gasteiger partial charge in [-0.3, -0.25) is 14.4 Å². The molecule has 0 aliphatic rings. The van der Waals surface area contributed by atoms with Crippen LogP contribution in [0.15, 0.2) is 0 Å². The molecule has 0 aromatic heterocycles. The third-order valence-electron chi connectivity index (χ3n) is 2.00. The zero-order chi connectivity index (χ0) is 11.8. The lowest BCUT2D eigenvalue weighted by molar-refractivity contribution is -0.141.